The van der Waals surface area contributed by atoms with Crippen molar-refractivity contribution in [2.24, 2.45) is 0 Å². The molecule has 0 aliphatic heterocycles. The molecule has 20 heteroatoms. The fraction of sp³-hybridized carbons (Fsp3) is 0.250. The third-order valence-corrected chi connectivity index (χ3v) is 3.62. The predicted octanol–water partition coefficient (Wildman–Crippen LogP) is 4.24. The molecule has 0 saturated carbocycles. The van der Waals surface area contributed by atoms with Crippen molar-refractivity contribution < 1.29 is 65.4 Å². The van der Waals surface area contributed by atoms with E-state index in [0.29, 0.717) is 11.6 Å². The quantitative estimate of drug-likeness (QED) is 0.236. The largest absolute Gasteiger partial charge is 0.353 e. The summed E-state index contributed by atoms with van der Waals surface area (Å²) in [5.74, 6) is 2.56. The fourth-order valence-corrected chi connectivity index (χ4v) is 2.72. The molecule has 36 heavy (non-hydrogen) atoms. The van der Waals surface area contributed by atoms with E-state index in [2.05, 4.69) is 72.5 Å². The topological polar surface area (TPSA) is 155 Å². The van der Waals surface area contributed by atoms with E-state index < -0.39 is 0 Å². The Kier molecular flexibility index (Phi) is 22.1. The van der Waals surface area contributed by atoms with Crippen molar-refractivity contribution in [2.45, 2.75) is 27.7 Å². The van der Waals surface area contributed by atoms with Crippen LogP contribution in [0.4, 0.5) is 0 Å². The van der Waals surface area contributed by atoms with Gasteiger partial charge in [0.1, 0.15) is 11.1 Å². The molecule has 4 heterocycles. The van der Waals surface area contributed by atoms with Crippen LogP contribution in [-0.4, -0.2) is 59.8 Å². The van der Waals surface area contributed by atoms with Crippen LogP contribution >= 0.6 is 69.6 Å². The van der Waals surface area contributed by atoms with Gasteiger partial charge in [-0.2, -0.15) is 19.9 Å². The number of nitrogens with zero attached hydrogens (tertiary/aromatic N) is 12. The molecule has 0 atom stereocenters. The summed E-state index contributed by atoms with van der Waals surface area (Å²) < 4.78 is 0. The van der Waals surface area contributed by atoms with E-state index in [1.165, 1.54) is 0 Å². The molecule has 0 saturated heterocycles. The van der Waals surface area contributed by atoms with E-state index in [0.717, 1.165) is 11.6 Å². The first-order valence-electron chi connectivity index (χ1n) is 8.50. The van der Waals surface area contributed by atoms with E-state index in [-0.39, 0.29) is 97.1 Å². The van der Waals surface area contributed by atoms with Crippen LogP contribution in [0.5, 0.6) is 0 Å². The average Bonchev–Trinajstić information content (AvgIpc) is 2.67. The Labute approximate surface area is 286 Å². The van der Waals surface area contributed by atoms with Gasteiger partial charge in [-0.05, 0) is 64.9 Å². The van der Waals surface area contributed by atoms with Gasteiger partial charge in [0.2, 0.25) is 26.4 Å². The van der Waals surface area contributed by atoms with Gasteiger partial charge in [-0.3, -0.25) is 0 Å². The molecule has 0 spiro atoms. The molecule has 4 aromatic rings. The zero-order chi connectivity index (χ0) is 25.7. The second kappa shape index (κ2) is 20.9. The van der Waals surface area contributed by atoms with Crippen molar-refractivity contribution in [2.75, 3.05) is 0 Å². The van der Waals surface area contributed by atoms with E-state index in [4.69, 9.17) is 69.6 Å². The number of rotatable bonds is 0. The van der Waals surface area contributed by atoms with Gasteiger partial charge >= 0.3 is 0 Å². The summed E-state index contributed by atoms with van der Waals surface area (Å²) in [6.45, 7) is 7.04. The molecule has 2 radical (unpaired) electrons. The summed E-state index contributed by atoms with van der Waals surface area (Å²) in [4.78, 5) is 43.4. The van der Waals surface area contributed by atoms with Gasteiger partial charge in [-0.15, -0.1) is 11.6 Å². The fourth-order valence-electron chi connectivity index (χ4n) is 1.50. The van der Waals surface area contributed by atoms with E-state index in [1.807, 2.05) is 13.8 Å². The minimum atomic E-state index is 0. The Morgan fingerprint density at radius 1 is 0.361 bits per heavy atom. The molecule has 0 fully saturated rings. The van der Waals surface area contributed by atoms with Gasteiger partial charge in [0, 0.05) is 95.5 Å². The van der Waals surface area contributed by atoms with Gasteiger partial charge < -0.3 is 29.9 Å². The predicted molar refractivity (Wildman–Crippen MR) is 126 cm³/mol. The van der Waals surface area contributed by atoms with Crippen LogP contribution in [0.15, 0.2) is 0 Å². The van der Waals surface area contributed by atoms with E-state index >= 15 is 0 Å². The van der Waals surface area contributed by atoms with Crippen LogP contribution in [0.2, 0.25) is 31.7 Å². The first-order chi connectivity index (χ1) is 15.9. The molecule has 0 bridgehead atoms. The molecule has 0 aliphatic rings. The van der Waals surface area contributed by atoms with Crippen molar-refractivity contribution in [1.82, 2.24) is 59.8 Å². The Hall–Kier alpha value is -0.0122. The monoisotopic (exact) mass is 760 g/mol. The molecule has 12 nitrogen and oxygen atoms in total. The van der Waals surface area contributed by atoms with Crippen molar-refractivity contribution >= 4 is 69.6 Å². The third-order valence-electron chi connectivity index (χ3n) is 2.60. The van der Waals surface area contributed by atoms with Crippen LogP contribution in [0, 0.1) is 40.3 Å². The molecule has 4 aromatic heterocycles. The van der Waals surface area contributed by atoms with Crippen LogP contribution in [0.3, 0.4) is 0 Å². The van der Waals surface area contributed by atoms with Crippen molar-refractivity contribution in [3.63, 3.8) is 0 Å². The first-order valence-corrected chi connectivity index (χ1v) is 10.8. The second-order valence-electron chi connectivity index (χ2n) is 5.34. The SMILES string of the molecule is Cc1n[c-]nc(C)n1.Cc1n[c-]nc(Cl)n1.Cc1nc(Cl)nc(Cl)n1.Clc1nc(Cl)nc(Cl)n1.[Y].[Y]. The Bertz CT molecular complexity index is 981. The molecule has 0 amide bonds. The molecule has 186 valence electrons. The minimum absolute atomic E-state index is 0. The Morgan fingerprint density at radius 2 is 0.639 bits per heavy atom. The maximum absolute atomic E-state index is 5.40. The standard InChI is InChI=1S/C5H6N3.C4H3Cl2N3.C4H3ClN3.C3Cl3N3.2Y/c1-4-6-3-7-5(2)8-4;1-2-7-3(5)9-4(6)8-2;1-3-6-2-7-4(5)8-3;4-1-7-2(5)9-3(6)8-1;;/h1-2H3;1H3;1H3;;;/q-1;;-1;;;. The smallest absolute Gasteiger partial charge is 0.227 e. The number of hydrogen-bond acceptors (Lipinski definition) is 12. The summed E-state index contributed by atoms with van der Waals surface area (Å²) in [7, 11) is 0. The molecule has 0 aromatic carbocycles. The maximum atomic E-state index is 5.40. The van der Waals surface area contributed by atoms with Crippen LogP contribution in [-0.2, 0) is 65.4 Å². The number of aryl methyl sites for hydroxylation is 4. The van der Waals surface area contributed by atoms with Crippen molar-refractivity contribution in [3.8, 4) is 0 Å². The van der Waals surface area contributed by atoms with Crippen LogP contribution in [0.25, 0.3) is 0 Å². The van der Waals surface area contributed by atoms with Gasteiger partial charge in [0.25, 0.3) is 0 Å². The van der Waals surface area contributed by atoms with E-state index in [1.54, 1.807) is 13.8 Å². The van der Waals surface area contributed by atoms with Crippen LogP contribution in [0.1, 0.15) is 23.3 Å². The van der Waals surface area contributed by atoms with Gasteiger partial charge in [-0.1, -0.05) is 20.8 Å². The van der Waals surface area contributed by atoms with Gasteiger partial charge in [0.05, 0.1) is 0 Å². The molecular weight excluding hydrogens is 751 g/mol. The molecule has 0 unspecified atom stereocenters. The Morgan fingerprint density at radius 3 is 0.861 bits per heavy atom. The average molecular weight is 763 g/mol. The van der Waals surface area contributed by atoms with Gasteiger partial charge in [0.15, 0.2) is 0 Å². The maximum Gasteiger partial charge on any atom is 0.227 e. The molecule has 0 aliphatic carbocycles. The number of halogens is 6. The number of aromatic nitrogens is 12. The number of hydrogen-bond donors (Lipinski definition) is 0. The second-order valence-corrected chi connectivity index (χ2v) is 7.37. The summed E-state index contributed by atoms with van der Waals surface area (Å²) in [5, 5.41) is 0.456. The van der Waals surface area contributed by atoms with E-state index in [9.17, 15) is 0 Å². The summed E-state index contributed by atoms with van der Waals surface area (Å²) in [5.41, 5.74) is 0. The molecular formula is C16H12Cl6N12Y2-2. The first kappa shape index (κ1) is 38.1. The summed E-state index contributed by atoms with van der Waals surface area (Å²) in [6.07, 6.45) is 4.80. The van der Waals surface area contributed by atoms with Gasteiger partial charge in [-0.25, -0.2) is 9.97 Å². The Balaban J connectivity index is 0. The van der Waals surface area contributed by atoms with Crippen molar-refractivity contribution in [3.05, 3.63) is 67.7 Å². The van der Waals surface area contributed by atoms with Crippen molar-refractivity contribution in [1.29, 1.82) is 0 Å². The zero-order valence-corrected chi connectivity index (χ0v) is 29.0. The molecule has 4 rings (SSSR count). The van der Waals surface area contributed by atoms with Crippen LogP contribution < -0.4 is 0 Å². The summed E-state index contributed by atoms with van der Waals surface area (Å²) >= 11 is 32.1. The minimum Gasteiger partial charge on any atom is -0.353 e. The summed E-state index contributed by atoms with van der Waals surface area (Å²) in [6, 6.07) is 0. The normalized spacial score (nSPS) is 8.94. The molecule has 0 N–H and O–H groups in total. The third kappa shape index (κ3) is 19.1. The zero-order valence-electron chi connectivity index (χ0n) is 18.8.